The molecule has 5 heteroatoms. The van der Waals surface area contributed by atoms with Crippen LogP contribution in [0.1, 0.15) is 45.6 Å². The van der Waals surface area contributed by atoms with Crippen molar-refractivity contribution in [2.75, 3.05) is 20.4 Å². The number of nitrogens with one attached hydrogen (secondary N) is 1. The Morgan fingerprint density at radius 1 is 1.28 bits per heavy atom. The van der Waals surface area contributed by atoms with Crippen molar-refractivity contribution < 1.29 is 4.74 Å². The van der Waals surface area contributed by atoms with E-state index in [9.17, 15) is 0 Å². The lowest BCUT2D eigenvalue weighted by Gasteiger charge is -2.44. The van der Waals surface area contributed by atoms with Gasteiger partial charge in [-0.15, -0.1) is 0 Å². The summed E-state index contributed by atoms with van der Waals surface area (Å²) in [5.74, 6) is 2.65. The molecule has 2 atom stereocenters. The fraction of sp³-hybridized carbons (Fsp3) is 0.650. The molecular formula is C20H31N3OS. The molecule has 1 saturated carbocycles. The topological polar surface area (TPSA) is 36.9 Å². The molecule has 1 fully saturated rings. The third kappa shape index (κ3) is 5.14. The van der Waals surface area contributed by atoms with Gasteiger partial charge in [0.1, 0.15) is 5.75 Å². The van der Waals surface area contributed by atoms with Crippen LogP contribution in [0.2, 0.25) is 0 Å². The van der Waals surface area contributed by atoms with E-state index < -0.39 is 0 Å². The maximum Gasteiger partial charge on any atom is 0.159 e. The van der Waals surface area contributed by atoms with Crippen molar-refractivity contribution in [3.05, 3.63) is 29.8 Å². The molecule has 4 nitrogen and oxygen atoms in total. The zero-order valence-electron chi connectivity index (χ0n) is 15.9. The van der Waals surface area contributed by atoms with E-state index in [1.165, 1.54) is 24.8 Å². The van der Waals surface area contributed by atoms with Crippen LogP contribution in [0.15, 0.2) is 29.3 Å². The zero-order valence-corrected chi connectivity index (χ0v) is 16.7. The number of hydrogen-bond acceptors (Lipinski definition) is 5. The molecule has 1 aromatic carbocycles. The van der Waals surface area contributed by atoms with Crippen molar-refractivity contribution >= 4 is 16.9 Å². The molecule has 3 rings (SSSR count). The number of amidine groups is 1. The summed E-state index contributed by atoms with van der Waals surface area (Å²) in [5.41, 5.74) is 1.75. The molecule has 2 aliphatic rings. The summed E-state index contributed by atoms with van der Waals surface area (Å²) in [6.07, 6.45) is 3.93. The third-order valence-corrected chi connectivity index (χ3v) is 6.27. The lowest BCUT2D eigenvalue weighted by Crippen LogP contribution is -2.50. The standard InChI is InChI=1S/C20H31N3OS/c1-15-9-17(11-20(2,3)10-15)23-13-21-19(22-14-23)25-12-16-5-7-18(24-4)8-6-16/h5-8,15,17H,9-14H2,1-4H3,(H,21,22). The van der Waals surface area contributed by atoms with Gasteiger partial charge in [-0.3, -0.25) is 4.90 Å². The Balaban J connectivity index is 1.50. The summed E-state index contributed by atoms with van der Waals surface area (Å²) in [4.78, 5) is 7.29. The first-order valence-corrected chi connectivity index (χ1v) is 10.2. The first kappa shape index (κ1) is 18.6. The Kier molecular flexibility index (Phi) is 5.95. The minimum absolute atomic E-state index is 0.454. The molecule has 1 heterocycles. The second-order valence-electron chi connectivity index (χ2n) is 8.23. The third-order valence-electron chi connectivity index (χ3n) is 5.24. The van der Waals surface area contributed by atoms with Gasteiger partial charge in [0.15, 0.2) is 5.17 Å². The van der Waals surface area contributed by atoms with E-state index in [-0.39, 0.29) is 0 Å². The Hall–Kier alpha value is -1.20. The lowest BCUT2D eigenvalue weighted by atomic mass is 9.70. The van der Waals surface area contributed by atoms with Crippen molar-refractivity contribution in [1.29, 1.82) is 0 Å². The molecule has 0 amide bonds. The maximum atomic E-state index is 5.21. The van der Waals surface area contributed by atoms with Crippen molar-refractivity contribution in [2.24, 2.45) is 16.3 Å². The highest BCUT2D eigenvalue weighted by Gasteiger charge is 2.35. The van der Waals surface area contributed by atoms with E-state index in [4.69, 9.17) is 9.73 Å². The molecule has 138 valence electrons. The van der Waals surface area contributed by atoms with Gasteiger partial charge in [-0.25, -0.2) is 4.99 Å². The van der Waals surface area contributed by atoms with E-state index in [0.29, 0.717) is 11.5 Å². The molecule has 1 aliphatic carbocycles. The first-order chi connectivity index (χ1) is 11.9. The van der Waals surface area contributed by atoms with Crippen LogP contribution in [0.25, 0.3) is 0 Å². The highest BCUT2D eigenvalue weighted by atomic mass is 32.2. The predicted molar refractivity (Wildman–Crippen MR) is 107 cm³/mol. The van der Waals surface area contributed by atoms with Gasteiger partial charge in [0.25, 0.3) is 0 Å². The summed E-state index contributed by atoms with van der Waals surface area (Å²) >= 11 is 1.78. The van der Waals surface area contributed by atoms with Gasteiger partial charge in [-0.2, -0.15) is 0 Å². The number of nitrogens with zero attached hydrogens (tertiary/aromatic N) is 2. The molecule has 0 spiro atoms. The summed E-state index contributed by atoms with van der Waals surface area (Å²) in [7, 11) is 1.70. The first-order valence-electron chi connectivity index (χ1n) is 9.23. The lowest BCUT2D eigenvalue weighted by molar-refractivity contribution is 0.0642. The SMILES string of the molecule is COc1ccc(CSC2=NCN(C3CC(C)CC(C)(C)C3)CN2)cc1. The number of thioether (sulfide) groups is 1. The minimum atomic E-state index is 0.454. The van der Waals surface area contributed by atoms with Gasteiger partial charge in [0.2, 0.25) is 0 Å². The highest BCUT2D eigenvalue weighted by Crippen LogP contribution is 2.40. The van der Waals surface area contributed by atoms with Crippen molar-refractivity contribution in [2.45, 2.75) is 51.8 Å². The van der Waals surface area contributed by atoms with Crippen LogP contribution in [0.4, 0.5) is 0 Å². The fourth-order valence-corrected chi connectivity index (χ4v) is 5.03. The molecule has 25 heavy (non-hydrogen) atoms. The van der Waals surface area contributed by atoms with Crippen LogP contribution in [0, 0.1) is 11.3 Å². The number of rotatable bonds is 4. The number of aliphatic imine (C=N–C) groups is 1. The average molecular weight is 362 g/mol. The van der Waals surface area contributed by atoms with Gasteiger partial charge in [-0.05, 0) is 48.3 Å². The molecule has 1 aliphatic heterocycles. The van der Waals surface area contributed by atoms with Gasteiger partial charge >= 0.3 is 0 Å². The molecule has 0 aromatic heterocycles. The number of hydrogen-bond donors (Lipinski definition) is 1. The Morgan fingerprint density at radius 3 is 2.64 bits per heavy atom. The van der Waals surface area contributed by atoms with Gasteiger partial charge in [0, 0.05) is 11.8 Å². The number of ether oxygens (including phenoxy) is 1. The van der Waals surface area contributed by atoms with Crippen LogP contribution in [0.3, 0.4) is 0 Å². The summed E-state index contributed by atoms with van der Waals surface area (Å²) in [6, 6.07) is 8.92. The van der Waals surface area contributed by atoms with E-state index in [1.807, 2.05) is 12.1 Å². The summed E-state index contributed by atoms with van der Waals surface area (Å²) in [5, 5.41) is 4.58. The number of methoxy groups -OCH3 is 1. The monoisotopic (exact) mass is 361 g/mol. The van der Waals surface area contributed by atoms with E-state index >= 15 is 0 Å². The van der Waals surface area contributed by atoms with Crippen molar-refractivity contribution in [3.8, 4) is 5.75 Å². The molecule has 2 unspecified atom stereocenters. The fourth-order valence-electron chi connectivity index (χ4n) is 4.22. The largest absolute Gasteiger partial charge is 0.497 e. The van der Waals surface area contributed by atoms with Crippen LogP contribution in [-0.2, 0) is 5.75 Å². The van der Waals surface area contributed by atoms with Crippen LogP contribution in [0.5, 0.6) is 5.75 Å². The van der Waals surface area contributed by atoms with E-state index in [1.54, 1.807) is 18.9 Å². The quantitative estimate of drug-likeness (QED) is 0.866. The maximum absolute atomic E-state index is 5.21. The predicted octanol–water partition coefficient (Wildman–Crippen LogP) is 4.32. The van der Waals surface area contributed by atoms with E-state index in [2.05, 4.69) is 43.1 Å². The second kappa shape index (κ2) is 8.00. The molecule has 0 bridgehead atoms. The smallest absolute Gasteiger partial charge is 0.159 e. The molecular weight excluding hydrogens is 330 g/mol. The van der Waals surface area contributed by atoms with Crippen LogP contribution in [-0.4, -0.2) is 36.6 Å². The zero-order chi connectivity index (χ0) is 17.9. The number of benzene rings is 1. The van der Waals surface area contributed by atoms with Gasteiger partial charge < -0.3 is 10.1 Å². The minimum Gasteiger partial charge on any atom is -0.497 e. The average Bonchev–Trinajstić information content (AvgIpc) is 2.59. The summed E-state index contributed by atoms with van der Waals surface area (Å²) in [6.45, 7) is 8.96. The van der Waals surface area contributed by atoms with Crippen LogP contribution < -0.4 is 10.1 Å². The van der Waals surface area contributed by atoms with Gasteiger partial charge in [-0.1, -0.05) is 44.7 Å². The Morgan fingerprint density at radius 2 is 2.04 bits per heavy atom. The Bertz CT molecular complexity index is 599. The second-order valence-corrected chi connectivity index (χ2v) is 9.20. The molecule has 0 saturated heterocycles. The van der Waals surface area contributed by atoms with Gasteiger partial charge in [0.05, 0.1) is 20.4 Å². The van der Waals surface area contributed by atoms with Crippen LogP contribution >= 0.6 is 11.8 Å². The summed E-state index contributed by atoms with van der Waals surface area (Å²) < 4.78 is 5.21. The molecule has 1 aromatic rings. The van der Waals surface area contributed by atoms with Crippen molar-refractivity contribution in [3.63, 3.8) is 0 Å². The highest BCUT2D eigenvalue weighted by molar-refractivity contribution is 8.13. The normalized spacial score (nSPS) is 26.6. The van der Waals surface area contributed by atoms with Crippen molar-refractivity contribution in [1.82, 2.24) is 10.2 Å². The Labute approximate surface area is 156 Å². The molecule has 1 N–H and O–H groups in total. The molecule has 0 radical (unpaired) electrons. The van der Waals surface area contributed by atoms with E-state index in [0.717, 1.165) is 35.9 Å².